The van der Waals surface area contributed by atoms with Crippen molar-refractivity contribution in [1.29, 1.82) is 0 Å². The SMILES string of the molecule is CCOc1ccc2nc(S[C@H]3CCCC[C@@H]3O)[nH]c2c1. The summed E-state index contributed by atoms with van der Waals surface area (Å²) >= 11 is 1.66. The molecule has 0 unspecified atom stereocenters. The van der Waals surface area contributed by atoms with Crippen LogP contribution in [0.15, 0.2) is 23.4 Å². The molecule has 0 saturated heterocycles. The normalized spacial score (nSPS) is 23.1. The Morgan fingerprint density at radius 3 is 3.05 bits per heavy atom. The second kappa shape index (κ2) is 6.06. The zero-order chi connectivity index (χ0) is 13.9. The van der Waals surface area contributed by atoms with Gasteiger partial charge in [0.1, 0.15) is 5.75 Å². The summed E-state index contributed by atoms with van der Waals surface area (Å²) in [5, 5.41) is 11.2. The molecule has 0 amide bonds. The molecule has 2 atom stereocenters. The number of ether oxygens (including phenoxy) is 1. The van der Waals surface area contributed by atoms with Gasteiger partial charge in [-0.25, -0.2) is 4.98 Å². The van der Waals surface area contributed by atoms with Gasteiger partial charge in [0.25, 0.3) is 0 Å². The van der Waals surface area contributed by atoms with Gasteiger partial charge in [-0.1, -0.05) is 24.6 Å². The molecular weight excluding hydrogens is 272 g/mol. The van der Waals surface area contributed by atoms with E-state index in [2.05, 4.69) is 9.97 Å². The minimum atomic E-state index is -0.207. The van der Waals surface area contributed by atoms with Crippen molar-refractivity contribution in [1.82, 2.24) is 9.97 Å². The molecule has 4 nitrogen and oxygen atoms in total. The van der Waals surface area contributed by atoms with Crippen molar-refractivity contribution in [3.63, 3.8) is 0 Å². The summed E-state index contributed by atoms with van der Waals surface area (Å²) in [6.45, 7) is 2.64. The van der Waals surface area contributed by atoms with Gasteiger partial charge in [-0.2, -0.15) is 0 Å². The first kappa shape index (κ1) is 13.8. The van der Waals surface area contributed by atoms with Crippen molar-refractivity contribution >= 4 is 22.8 Å². The minimum Gasteiger partial charge on any atom is -0.494 e. The van der Waals surface area contributed by atoms with Crippen LogP contribution in [-0.2, 0) is 0 Å². The molecular formula is C15H20N2O2S. The topological polar surface area (TPSA) is 58.1 Å². The Balaban J connectivity index is 1.78. The summed E-state index contributed by atoms with van der Waals surface area (Å²) in [6, 6.07) is 5.89. The van der Waals surface area contributed by atoms with Crippen LogP contribution in [0.25, 0.3) is 11.0 Å². The van der Waals surface area contributed by atoms with Gasteiger partial charge in [-0.3, -0.25) is 0 Å². The van der Waals surface area contributed by atoms with Crippen LogP contribution >= 0.6 is 11.8 Å². The summed E-state index contributed by atoms with van der Waals surface area (Å²) in [6.07, 6.45) is 4.10. The molecule has 5 heteroatoms. The number of H-pyrrole nitrogens is 1. The number of aliphatic hydroxyl groups excluding tert-OH is 1. The minimum absolute atomic E-state index is 0.207. The van der Waals surface area contributed by atoms with Gasteiger partial charge < -0.3 is 14.8 Å². The number of rotatable bonds is 4. The van der Waals surface area contributed by atoms with Gasteiger partial charge in [-0.15, -0.1) is 0 Å². The van der Waals surface area contributed by atoms with Gasteiger partial charge in [0.05, 0.1) is 23.7 Å². The van der Waals surface area contributed by atoms with Gasteiger partial charge >= 0.3 is 0 Å². The number of thioether (sulfide) groups is 1. The van der Waals surface area contributed by atoms with E-state index in [-0.39, 0.29) is 11.4 Å². The van der Waals surface area contributed by atoms with E-state index in [9.17, 15) is 5.11 Å². The molecule has 1 saturated carbocycles. The number of hydrogen-bond acceptors (Lipinski definition) is 4. The van der Waals surface area contributed by atoms with Crippen molar-refractivity contribution in [3.05, 3.63) is 18.2 Å². The molecule has 1 aliphatic rings. The smallest absolute Gasteiger partial charge is 0.166 e. The van der Waals surface area contributed by atoms with E-state index in [0.29, 0.717) is 6.61 Å². The van der Waals surface area contributed by atoms with Crippen LogP contribution in [0, 0.1) is 0 Å². The number of aliphatic hydroxyl groups is 1. The van der Waals surface area contributed by atoms with Crippen LogP contribution in [0.4, 0.5) is 0 Å². The van der Waals surface area contributed by atoms with E-state index < -0.39 is 0 Å². The monoisotopic (exact) mass is 292 g/mol. The maximum absolute atomic E-state index is 10.0. The number of aromatic amines is 1. The van der Waals surface area contributed by atoms with Crippen LogP contribution in [0.2, 0.25) is 0 Å². The Kier molecular flexibility index (Phi) is 4.17. The first-order valence-electron chi connectivity index (χ1n) is 7.23. The van der Waals surface area contributed by atoms with Crippen LogP contribution in [-0.4, -0.2) is 33.0 Å². The second-order valence-corrected chi connectivity index (χ2v) is 6.39. The number of fused-ring (bicyclic) bond motifs is 1. The third kappa shape index (κ3) is 2.94. The highest BCUT2D eigenvalue weighted by Gasteiger charge is 2.25. The Bertz CT molecular complexity index is 584. The highest BCUT2D eigenvalue weighted by atomic mass is 32.2. The highest BCUT2D eigenvalue weighted by Crippen LogP contribution is 2.33. The fourth-order valence-electron chi connectivity index (χ4n) is 2.64. The summed E-state index contributed by atoms with van der Waals surface area (Å²) < 4.78 is 5.50. The Labute approximate surface area is 122 Å². The zero-order valence-corrected chi connectivity index (χ0v) is 12.4. The summed E-state index contributed by atoms with van der Waals surface area (Å²) in [7, 11) is 0. The molecule has 0 bridgehead atoms. The lowest BCUT2D eigenvalue weighted by molar-refractivity contribution is 0.137. The third-order valence-electron chi connectivity index (χ3n) is 3.67. The molecule has 1 heterocycles. The fraction of sp³-hybridized carbons (Fsp3) is 0.533. The first-order valence-corrected chi connectivity index (χ1v) is 8.11. The van der Waals surface area contributed by atoms with Crippen LogP contribution in [0.3, 0.4) is 0 Å². The molecule has 2 N–H and O–H groups in total. The van der Waals surface area contributed by atoms with Crippen molar-refractivity contribution in [3.8, 4) is 5.75 Å². The maximum Gasteiger partial charge on any atom is 0.166 e. The fourth-order valence-corrected chi connectivity index (χ4v) is 3.82. The van der Waals surface area contributed by atoms with Crippen LogP contribution in [0.1, 0.15) is 32.6 Å². The van der Waals surface area contributed by atoms with Crippen LogP contribution in [0.5, 0.6) is 5.75 Å². The van der Waals surface area contributed by atoms with Gasteiger partial charge in [0, 0.05) is 11.3 Å². The van der Waals surface area contributed by atoms with E-state index in [4.69, 9.17) is 4.74 Å². The summed E-state index contributed by atoms with van der Waals surface area (Å²) in [4.78, 5) is 7.91. The third-order valence-corrected chi connectivity index (χ3v) is 4.94. The van der Waals surface area contributed by atoms with Crippen molar-refractivity contribution < 1.29 is 9.84 Å². The first-order chi connectivity index (χ1) is 9.76. The number of hydrogen-bond donors (Lipinski definition) is 2. The quantitative estimate of drug-likeness (QED) is 0.907. The molecule has 108 valence electrons. The number of benzene rings is 1. The van der Waals surface area contributed by atoms with E-state index in [1.807, 2.05) is 25.1 Å². The summed E-state index contributed by atoms with van der Waals surface area (Å²) in [5.41, 5.74) is 1.94. The average molecular weight is 292 g/mol. The van der Waals surface area contributed by atoms with E-state index in [1.165, 1.54) is 6.42 Å². The second-order valence-electron chi connectivity index (χ2n) is 5.16. The molecule has 20 heavy (non-hydrogen) atoms. The molecule has 0 aliphatic heterocycles. The molecule has 3 rings (SSSR count). The van der Waals surface area contributed by atoms with Crippen molar-refractivity contribution in [2.75, 3.05) is 6.61 Å². The molecule has 1 aromatic carbocycles. The van der Waals surface area contributed by atoms with E-state index >= 15 is 0 Å². The van der Waals surface area contributed by atoms with Gasteiger partial charge in [0.15, 0.2) is 5.16 Å². The lowest BCUT2D eigenvalue weighted by Gasteiger charge is -2.25. The standard InChI is InChI=1S/C15H20N2O2S/c1-2-19-10-7-8-11-12(9-10)17-15(16-11)20-14-6-4-3-5-13(14)18/h7-9,13-14,18H,2-6H2,1H3,(H,16,17)/t13-,14-/m0/s1. The maximum atomic E-state index is 10.0. The predicted molar refractivity (Wildman–Crippen MR) is 81.4 cm³/mol. The largest absolute Gasteiger partial charge is 0.494 e. The number of aromatic nitrogens is 2. The Morgan fingerprint density at radius 2 is 2.25 bits per heavy atom. The van der Waals surface area contributed by atoms with Crippen LogP contribution < -0.4 is 4.74 Å². The molecule has 1 aromatic heterocycles. The average Bonchev–Trinajstić information content (AvgIpc) is 2.83. The zero-order valence-electron chi connectivity index (χ0n) is 11.6. The molecule has 1 fully saturated rings. The van der Waals surface area contributed by atoms with E-state index in [0.717, 1.165) is 41.2 Å². The number of imidazole rings is 1. The molecule has 2 aromatic rings. The van der Waals surface area contributed by atoms with Crippen molar-refractivity contribution in [2.45, 2.75) is 49.1 Å². The molecule has 0 spiro atoms. The lowest BCUT2D eigenvalue weighted by Crippen LogP contribution is -2.26. The highest BCUT2D eigenvalue weighted by molar-refractivity contribution is 7.99. The van der Waals surface area contributed by atoms with Crippen molar-refractivity contribution in [2.24, 2.45) is 0 Å². The molecule has 0 radical (unpaired) electrons. The number of nitrogens with one attached hydrogen (secondary N) is 1. The van der Waals surface area contributed by atoms with Gasteiger partial charge in [-0.05, 0) is 31.9 Å². The predicted octanol–water partition coefficient (Wildman–Crippen LogP) is 3.36. The van der Waals surface area contributed by atoms with Gasteiger partial charge in [0.2, 0.25) is 0 Å². The molecule has 1 aliphatic carbocycles. The Hall–Kier alpha value is -1.20. The lowest BCUT2D eigenvalue weighted by atomic mass is 9.97. The van der Waals surface area contributed by atoms with E-state index in [1.54, 1.807) is 11.8 Å². The summed E-state index contributed by atoms with van der Waals surface area (Å²) in [5.74, 6) is 0.859. The number of nitrogens with zero attached hydrogens (tertiary/aromatic N) is 1. The Morgan fingerprint density at radius 1 is 1.40 bits per heavy atom.